The molecule has 2 aromatic rings. The average molecular weight is 397 g/mol. The number of hydrogen-bond donors (Lipinski definition) is 0. The molecule has 2 heterocycles. The zero-order chi connectivity index (χ0) is 16.2. The molecule has 23 heavy (non-hydrogen) atoms. The fraction of sp³-hybridized carbons (Fsp3) is 0.375. The van der Waals surface area contributed by atoms with Gasteiger partial charge in [-0.2, -0.15) is 0 Å². The minimum absolute atomic E-state index is 0.116. The molecular formula is C16H17BrN2O3S. The highest BCUT2D eigenvalue weighted by molar-refractivity contribution is 9.10. The second kappa shape index (κ2) is 7.42. The van der Waals surface area contributed by atoms with Crippen molar-refractivity contribution in [1.82, 2.24) is 9.88 Å². The second-order valence-corrected chi connectivity index (χ2v) is 6.94. The number of carbonyl (C=O) groups is 1. The Labute approximate surface area is 147 Å². The van der Waals surface area contributed by atoms with Crippen molar-refractivity contribution in [3.05, 3.63) is 33.1 Å². The Balaban J connectivity index is 1.70. The third-order valence-electron chi connectivity index (χ3n) is 3.67. The highest BCUT2D eigenvalue weighted by Gasteiger charge is 2.18. The number of benzene rings is 1. The molecule has 1 aliphatic heterocycles. The fourth-order valence-electron chi connectivity index (χ4n) is 2.40. The first-order valence-electron chi connectivity index (χ1n) is 7.31. The molecule has 0 unspecified atom stereocenters. The Morgan fingerprint density at radius 3 is 2.91 bits per heavy atom. The van der Waals surface area contributed by atoms with Gasteiger partial charge in [0.05, 0.1) is 36.9 Å². The van der Waals surface area contributed by atoms with Crippen LogP contribution in [0.2, 0.25) is 0 Å². The van der Waals surface area contributed by atoms with E-state index >= 15 is 0 Å². The summed E-state index contributed by atoms with van der Waals surface area (Å²) in [5.74, 6) is 0.900. The van der Waals surface area contributed by atoms with Gasteiger partial charge in [0.1, 0.15) is 10.8 Å². The average Bonchev–Trinajstić information content (AvgIpc) is 3.04. The van der Waals surface area contributed by atoms with Gasteiger partial charge < -0.3 is 14.4 Å². The molecule has 0 bridgehead atoms. The van der Waals surface area contributed by atoms with Crippen molar-refractivity contribution in [3.63, 3.8) is 0 Å². The van der Waals surface area contributed by atoms with Crippen LogP contribution in [0.5, 0.6) is 5.75 Å². The zero-order valence-corrected chi connectivity index (χ0v) is 15.2. The summed E-state index contributed by atoms with van der Waals surface area (Å²) in [5, 5.41) is 2.82. The van der Waals surface area contributed by atoms with Crippen molar-refractivity contribution in [2.24, 2.45) is 0 Å². The van der Waals surface area contributed by atoms with Gasteiger partial charge in [-0.15, -0.1) is 11.3 Å². The van der Waals surface area contributed by atoms with Gasteiger partial charge in [-0.3, -0.25) is 4.79 Å². The van der Waals surface area contributed by atoms with Gasteiger partial charge in [-0.25, -0.2) is 4.98 Å². The van der Waals surface area contributed by atoms with E-state index in [1.807, 2.05) is 28.5 Å². The Morgan fingerprint density at radius 2 is 2.22 bits per heavy atom. The lowest BCUT2D eigenvalue weighted by atomic mass is 10.2. The molecular weight excluding hydrogens is 380 g/mol. The maximum atomic E-state index is 12.3. The van der Waals surface area contributed by atoms with Gasteiger partial charge >= 0.3 is 0 Å². The van der Waals surface area contributed by atoms with Gasteiger partial charge in [0, 0.05) is 24.0 Å². The highest BCUT2D eigenvalue weighted by atomic mass is 79.9. The van der Waals surface area contributed by atoms with Gasteiger partial charge in [-0.1, -0.05) is 0 Å². The number of nitrogens with zero attached hydrogens (tertiary/aromatic N) is 2. The summed E-state index contributed by atoms with van der Waals surface area (Å²) in [5.41, 5.74) is 1.88. The summed E-state index contributed by atoms with van der Waals surface area (Å²) in [7, 11) is 1.64. The summed E-state index contributed by atoms with van der Waals surface area (Å²) >= 11 is 5.00. The molecule has 122 valence electrons. The number of carbonyl (C=O) groups excluding carboxylic acids is 1. The van der Waals surface area contributed by atoms with Crippen LogP contribution in [-0.2, 0) is 16.0 Å². The number of thiazole rings is 1. The van der Waals surface area contributed by atoms with Crippen LogP contribution in [0.25, 0.3) is 11.3 Å². The Morgan fingerprint density at radius 1 is 1.43 bits per heavy atom. The summed E-state index contributed by atoms with van der Waals surface area (Å²) in [6.07, 6.45) is 0.349. The summed E-state index contributed by atoms with van der Waals surface area (Å²) < 4.78 is 11.4. The lowest BCUT2D eigenvalue weighted by molar-refractivity contribution is -0.134. The fourth-order valence-corrected chi connectivity index (χ4v) is 3.74. The molecule has 0 radical (unpaired) electrons. The number of rotatable bonds is 4. The number of ether oxygens (including phenoxy) is 2. The Hall–Kier alpha value is -1.44. The van der Waals surface area contributed by atoms with E-state index in [-0.39, 0.29) is 5.91 Å². The Kier molecular flexibility index (Phi) is 5.30. The molecule has 0 saturated carbocycles. The molecule has 1 aliphatic rings. The number of aromatic nitrogens is 1. The van der Waals surface area contributed by atoms with E-state index in [0.717, 1.165) is 26.5 Å². The highest BCUT2D eigenvalue weighted by Crippen LogP contribution is 2.31. The topological polar surface area (TPSA) is 51.7 Å². The SMILES string of the molecule is COc1ccc(-c2csc(CC(=O)N3CCOCC3)n2)cc1Br. The maximum Gasteiger partial charge on any atom is 0.229 e. The van der Waals surface area contributed by atoms with Gasteiger partial charge in [0.15, 0.2) is 0 Å². The van der Waals surface area contributed by atoms with Crippen LogP contribution in [0.1, 0.15) is 5.01 Å². The first kappa shape index (κ1) is 16.4. The van der Waals surface area contributed by atoms with Crippen LogP contribution < -0.4 is 4.74 Å². The molecule has 1 aromatic carbocycles. The van der Waals surface area contributed by atoms with E-state index in [4.69, 9.17) is 9.47 Å². The molecule has 0 aliphatic carbocycles. The molecule has 0 atom stereocenters. The van der Waals surface area contributed by atoms with E-state index in [0.29, 0.717) is 32.7 Å². The molecule has 0 N–H and O–H groups in total. The normalized spacial score (nSPS) is 14.8. The van der Waals surface area contributed by atoms with Crippen LogP contribution >= 0.6 is 27.3 Å². The lowest BCUT2D eigenvalue weighted by Gasteiger charge is -2.26. The lowest BCUT2D eigenvalue weighted by Crippen LogP contribution is -2.41. The monoisotopic (exact) mass is 396 g/mol. The van der Waals surface area contributed by atoms with Crippen LogP contribution in [0.3, 0.4) is 0 Å². The largest absolute Gasteiger partial charge is 0.496 e. The van der Waals surface area contributed by atoms with E-state index in [1.165, 1.54) is 11.3 Å². The molecule has 1 amide bonds. The van der Waals surface area contributed by atoms with Crippen LogP contribution in [-0.4, -0.2) is 49.2 Å². The number of hydrogen-bond acceptors (Lipinski definition) is 5. The Bertz CT molecular complexity index is 698. The van der Waals surface area contributed by atoms with Crippen molar-refractivity contribution in [2.45, 2.75) is 6.42 Å². The minimum atomic E-state index is 0.116. The van der Waals surface area contributed by atoms with Crippen LogP contribution in [0.15, 0.2) is 28.1 Å². The third-order valence-corrected chi connectivity index (χ3v) is 5.13. The van der Waals surface area contributed by atoms with Gasteiger partial charge in [-0.05, 0) is 34.1 Å². The third kappa shape index (κ3) is 3.91. The summed E-state index contributed by atoms with van der Waals surface area (Å²) in [4.78, 5) is 18.7. The molecule has 1 aromatic heterocycles. The predicted octanol–water partition coefficient (Wildman–Crippen LogP) is 2.98. The molecule has 1 fully saturated rings. The molecule has 0 spiro atoms. The summed E-state index contributed by atoms with van der Waals surface area (Å²) in [6, 6.07) is 5.84. The van der Waals surface area contributed by atoms with Crippen molar-refractivity contribution in [1.29, 1.82) is 0 Å². The number of morpholine rings is 1. The van der Waals surface area contributed by atoms with E-state index in [1.54, 1.807) is 7.11 Å². The first-order valence-corrected chi connectivity index (χ1v) is 8.98. The van der Waals surface area contributed by atoms with Crippen molar-refractivity contribution >= 4 is 33.2 Å². The van der Waals surface area contributed by atoms with E-state index in [2.05, 4.69) is 20.9 Å². The van der Waals surface area contributed by atoms with Crippen molar-refractivity contribution in [2.75, 3.05) is 33.4 Å². The second-order valence-electron chi connectivity index (χ2n) is 5.15. The maximum absolute atomic E-state index is 12.3. The van der Waals surface area contributed by atoms with Crippen molar-refractivity contribution in [3.8, 4) is 17.0 Å². The minimum Gasteiger partial charge on any atom is -0.496 e. The molecule has 5 nitrogen and oxygen atoms in total. The standard InChI is InChI=1S/C16H17BrN2O3S/c1-21-14-3-2-11(8-12(14)17)13-10-23-15(18-13)9-16(20)19-4-6-22-7-5-19/h2-3,8,10H,4-7,9H2,1H3. The smallest absolute Gasteiger partial charge is 0.229 e. The molecule has 7 heteroatoms. The first-order chi connectivity index (χ1) is 11.2. The van der Waals surface area contributed by atoms with Crippen LogP contribution in [0.4, 0.5) is 0 Å². The van der Waals surface area contributed by atoms with Crippen LogP contribution in [0, 0.1) is 0 Å². The van der Waals surface area contributed by atoms with E-state index in [9.17, 15) is 4.79 Å². The number of methoxy groups -OCH3 is 1. The van der Waals surface area contributed by atoms with Gasteiger partial charge in [0.25, 0.3) is 0 Å². The quantitative estimate of drug-likeness (QED) is 0.796. The van der Waals surface area contributed by atoms with Crippen molar-refractivity contribution < 1.29 is 14.3 Å². The number of halogens is 1. The summed E-state index contributed by atoms with van der Waals surface area (Å²) in [6.45, 7) is 2.58. The molecule has 3 rings (SSSR count). The number of amides is 1. The van der Waals surface area contributed by atoms with Gasteiger partial charge in [0.2, 0.25) is 5.91 Å². The predicted molar refractivity (Wildman–Crippen MR) is 92.9 cm³/mol. The zero-order valence-electron chi connectivity index (χ0n) is 12.8. The molecule has 1 saturated heterocycles. The van der Waals surface area contributed by atoms with E-state index < -0.39 is 0 Å².